The largest absolute Gasteiger partial charge is 0.415 e. The molecule has 90 valence electrons. The van der Waals surface area contributed by atoms with Gasteiger partial charge in [-0.25, -0.2) is 0 Å². The van der Waals surface area contributed by atoms with E-state index < -0.39 is 0 Å². The van der Waals surface area contributed by atoms with E-state index in [0.29, 0.717) is 29.6 Å². The monoisotopic (exact) mass is 232 g/mol. The second kappa shape index (κ2) is 14.1. The third-order valence-electron chi connectivity index (χ3n) is 1.78. The first kappa shape index (κ1) is 15.1. The maximum Gasteiger partial charge on any atom is 0.229 e. The van der Waals surface area contributed by atoms with Gasteiger partial charge in [-0.3, -0.25) is 0 Å². The molecule has 3 nitrogen and oxygen atoms in total. The topological polar surface area (TPSA) is 27.7 Å². The van der Waals surface area contributed by atoms with Gasteiger partial charge in [0, 0.05) is 6.61 Å². The van der Waals surface area contributed by atoms with Gasteiger partial charge < -0.3 is 13.9 Å². The maximum absolute atomic E-state index is 5.43. The quantitative estimate of drug-likeness (QED) is 0.382. The number of rotatable bonds is 12. The van der Waals surface area contributed by atoms with E-state index in [1.54, 1.807) is 0 Å². The van der Waals surface area contributed by atoms with Crippen LogP contribution in [0.4, 0.5) is 0 Å². The Morgan fingerprint density at radius 1 is 0.800 bits per heavy atom. The minimum atomic E-state index is 0.640. The summed E-state index contributed by atoms with van der Waals surface area (Å²) in [5.74, 6) is 0. The van der Waals surface area contributed by atoms with Gasteiger partial charge >= 0.3 is 0 Å². The summed E-state index contributed by atoms with van der Waals surface area (Å²) in [6.45, 7) is 7.92. The van der Waals surface area contributed by atoms with Crippen LogP contribution in [-0.4, -0.2) is 42.8 Å². The lowest BCUT2D eigenvalue weighted by molar-refractivity contribution is 0.0369. The van der Waals surface area contributed by atoms with E-state index in [1.807, 2.05) is 0 Å². The van der Waals surface area contributed by atoms with Crippen molar-refractivity contribution in [3.63, 3.8) is 0 Å². The fourth-order valence-corrected chi connectivity index (χ4v) is 1.83. The van der Waals surface area contributed by atoms with E-state index in [4.69, 9.17) is 13.9 Å². The molecule has 0 saturated heterocycles. The number of ether oxygens (including phenoxy) is 2. The molecule has 0 N–H and O–H groups in total. The third kappa shape index (κ3) is 14.1. The first-order valence-corrected chi connectivity index (χ1v) is 7.03. The van der Waals surface area contributed by atoms with E-state index in [2.05, 4.69) is 13.8 Å². The Bertz CT molecular complexity index is 100. The van der Waals surface area contributed by atoms with Gasteiger partial charge in [0.05, 0.1) is 26.4 Å². The molecule has 4 heteroatoms. The zero-order chi connectivity index (χ0) is 11.2. The molecular weight excluding hydrogens is 208 g/mol. The highest BCUT2D eigenvalue weighted by Gasteiger charge is 1.92. The van der Waals surface area contributed by atoms with Crippen molar-refractivity contribution in [3.8, 4) is 0 Å². The minimum absolute atomic E-state index is 0.640. The molecule has 0 bridgehead atoms. The highest BCUT2D eigenvalue weighted by Crippen LogP contribution is 1.93. The lowest BCUT2D eigenvalue weighted by atomic mass is 10.4. The summed E-state index contributed by atoms with van der Waals surface area (Å²) in [6.07, 6.45) is 3.59. The molecule has 0 aromatic carbocycles. The Labute approximate surface area is 96.4 Å². The first-order valence-electron chi connectivity index (χ1n) is 5.92. The van der Waals surface area contributed by atoms with Crippen LogP contribution in [0.25, 0.3) is 0 Å². The molecule has 0 spiro atoms. The lowest BCUT2D eigenvalue weighted by Crippen LogP contribution is -2.11. The fourth-order valence-electron chi connectivity index (χ4n) is 0.960. The third-order valence-corrected chi connectivity index (χ3v) is 2.75. The van der Waals surface area contributed by atoms with Crippen LogP contribution in [0.3, 0.4) is 0 Å². The van der Waals surface area contributed by atoms with E-state index in [-0.39, 0.29) is 0 Å². The number of unbranched alkanes of at least 4 members (excludes halogenated alkanes) is 1. The Morgan fingerprint density at radius 2 is 1.47 bits per heavy atom. The van der Waals surface area contributed by atoms with Crippen LogP contribution in [0, 0.1) is 0 Å². The summed E-state index contributed by atoms with van der Waals surface area (Å²) in [7, 11) is 0.640. The Balaban J connectivity index is 2.81. The molecule has 0 unspecified atom stereocenters. The molecule has 0 atom stereocenters. The van der Waals surface area contributed by atoms with Gasteiger partial charge in [-0.2, -0.15) is 0 Å². The summed E-state index contributed by atoms with van der Waals surface area (Å²) in [5.41, 5.74) is 0. The normalized spacial score (nSPS) is 10.8. The van der Waals surface area contributed by atoms with Crippen molar-refractivity contribution in [1.29, 1.82) is 0 Å². The average molecular weight is 232 g/mol. The number of hydrogen-bond donors (Lipinski definition) is 0. The summed E-state index contributed by atoms with van der Waals surface area (Å²) >= 11 is 0. The van der Waals surface area contributed by atoms with Crippen molar-refractivity contribution in [3.05, 3.63) is 0 Å². The molecule has 0 aliphatic carbocycles. The fraction of sp³-hybridized carbons (Fsp3) is 1.00. The van der Waals surface area contributed by atoms with Gasteiger partial charge in [0.1, 0.15) is 0 Å². The molecule has 0 fully saturated rings. The molecule has 0 aromatic heterocycles. The van der Waals surface area contributed by atoms with Crippen LogP contribution < -0.4 is 0 Å². The van der Waals surface area contributed by atoms with Crippen LogP contribution in [0.15, 0.2) is 0 Å². The molecule has 0 amide bonds. The predicted octanol–water partition coefficient (Wildman–Crippen LogP) is 2.28. The maximum atomic E-state index is 5.43. The van der Waals surface area contributed by atoms with Crippen molar-refractivity contribution in [2.24, 2.45) is 0 Å². The van der Waals surface area contributed by atoms with Crippen molar-refractivity contribution >= 4 is 9.76 Å². The molecular formula is C11H24O3Si. The molecule has 0 aliphatic heterocycles. The van der Waals surface area contributed by atoms with E-state index in [1.165, 1.54) is 18.9 Å². The SMILES string of the molecule is CCCC[Si]OCCOCCOCCC. The molecule has 0 rings (SSSR count). The van der Waals surface area contributed by atoms with Crippen molar-refractivity contribution < 1.29 is 13.9 Å². The zero-order valence-corrected chi connectivity index (χ0v) is 11.1. The molecule has 0 heterocycles. The van der Waals surface area contributed by atoms with Gasteiger partial charge in [-0.05, 0) is 12.5 Å². The molecule has 0 aromatic rings. The van der Waals surface area contributed by atoms with Gasteiger partial charge in [0.25, 0.3) is 0 Å². The van der Waals surface area contributed by atoms with Gasteiger partial charge in [-0.1, -0.05) is 26.7 Å². The molecule has 15 heavy (non-hydrogen) atoms. The van der Waals surface area contributed by atoms with Crippen LogP contribution in [0.2, 0.25) is 6.04 Å². The van der Waals surface area contributed by atoms with Gasteiger partial charge in [0.2, 0.25) is 9.76 Å². The predicted molar refractivity (Wildman–Crippen MR) is 63.4 cm³/mol. The highest BCUT2D eigenvalue weighted by atomic mass is 28.2. The Morgan fingerprint density at radius 3 is 2.13 bits per heavy atom. The van der Waals surface area contributed by atoms with Crippen LogP contribution >= 0.6 is 0 Å². The van der Waals surface area contributed by atoms with Gasteiger partial charge in [0.15, 0.2) is 0 Å². The van der Waals surface area contributed by atoms with Crippen LogP contribution in [-0.2, 0) is 13.9 Å². The van der Waals surface area contributed by atoms with E-state index >= 15 is 0 Å². The van der Waals surface area contributed by atoms with Crippen LogP contribution in [0.5, 0.6) is 0 Å². The summed E-state index contributed by atoms with van der Waals surface area (Å²) in [6, 6.07) is 1.19. The summed E-state index contributed by atoms with van der Waals surface area (Å²) in [4.78, 5) is 0. The minimum Gasteiger partial charge on any atom is -0.415 e. The van der Waals surface area contributed by atoms with Crippen molar-refractivity contribution in [2.45, 2.75) is 39.2 Å². The Kier molecular flexibility index (Phi) is 14.2. The standard InChI is InChI=1S/C11H24O3Si/c1-3-5-11-15-14-10-9-13-8-7-12-6-4-2/h3-11H2,1-2H3. The molecule has 2 radical (unpaired) electrons. The molecule has 0 aliphatic rings. The first-order chi connectivity index (χ1) is 7.41. The number of hydrogen-bond acceptors (Lipinski definition) is 3. The van der Waals surface area contributed by atoms with Crippen molar-refractivity contribution in [2.75, 3.05) is 33.0 Å². The molecule has 0 saturated carbocycles. The smallest absolute Gasteiger partial charge is 0.229 e. The van der Waals surface area contributed by atoms with Crippen molar-refractivity contribution in [1.82, 2.24) is 0 Å². The average Bonchev–Trinajstić information content (AvgIpc) is 2.26. The summed E-state index contributed by atoms with van der Waals surface area (Å²) in [5, 5.41) is 0. The highest BCUT2D eigenvalue weighted by molar-refractivity contribution is 6.26. The zero-order valence-electron chi connectivity index (χ0n) is 10.1. The van der Waals surface area contributed by atoms with Crippen LogP contribution in [0.1, 0.15) is 33.1 Å². The Hall–Kier alpha value is 0.0969. The second-order valence-electron chi connectivity index (χ2n) is 3.32. The van der Waals surface area contributed by atoms with Gasteiger partial charge in [-0.15, -0.1) is 0 Å². The lowest BCUT2D eigenvalue weighted by Gasteiger charge is -2.05. The van der Waals surface area contributed by atoms with E-state index in [9.17, 15) is 0 Å². The summed E-state index contributed by atoms with van der Waals surface area (Å²) < 4.78 is 16.0. The second-order valence-corrected chi connectivity index (χ2v) is 4.40. The van der Waals surface area contributed by atoms with E-state index in [0.717, 1.165) is 19.6 Å².